The second-order valence-electron chi connectivity index (χ2n) is 14.6. The summed E-state index contributed by atoms with van der Waals surface area (Å²) in [6.45, 7) is 24.4. The fourth-order valence-corrected chi connectivity index (χ4v) is 5.00. The Hall–Kier alpha value is -3.45. The lowest BCUT2D eigenvalue weighted by Crippen LogP contribution is -2.36. The summed E-state index contributed by atoms with van der Waals surface area (Å²) < 4.78 is 62.3. The number of likely N-dealkylation sites (tertiary alicyclic amines) is 1. The second kappa shape index (κ2) is 24.1. The monoisotopic (exact) mass is 757 g/mol. The zero-order chi connectivity index (χ0) is 41.0. The summed E-state index contributed by atoms with van der Waals surface area (Å²) in [6, 6.07) is 4.59. The van der Waals surface area contributed by atoms with Gasteiger partial charge in [0.05, 0.1) is 17.9 Å². The number of ether oxygens (including phenoxy) is 4. The van der Waals surface area contributed by atoms with Gasteiger partial charge >= 0.3 is 18.4 Å². The summed E-state index contributed by atoms with van der Waals surface area (Å²) in [5.74, 6) is 0.117. The van der Waals surface area contributed by atoms with Crippen LogP contribution in [0.15, 0.2) is 33.8 Å². The van der Waals surface area contributed by atoms with Gasteiger partial charge in [0.1, 0.15) is 23.3 Å². The van der Waals surface area contributed by atoms with Gasteiger partial charge in [0, 0.05) is 31.0 Å². The number of alkyl carbamates (subject to hydrolysis) is 1. The lowest BCUT2D eigenvalue weighted by molar-refractivity contribution is -0.139. The van der Waals surface area contributed by atoms with Crippen LogP contribution in [0, 0.1) is 5.92 Å². The number of aliphatic imine (C=N–C) groups is 2. The van der Waals surface area contributed by atoms with Crippen molar-refractivity contribution >= 4 is 29.9 Å². The summed E-state index contributed by atoms with van der Waals surface area (Å²) in [5, 5.41) is 2.20. The van der Waals surface area contributed by atoms with E-state index in [1.165, 1.54) is 12.1 Å². The van der Waals surface area contributed by atoms with Crippen LogP contribution in [0.4, 0.5) is 22.8 Å². The highest BCUT2D eigenvalue weighted by atomic mass is 19.4. The number of amides is 2. The number of benzene rings is 1. The largest absolute Gasteiger partial charge is 0.493 e. The molecule has 1 aliphatic heterocycles. The van der Waals surface area contributed by atoms with Crippen molar-refractivity contribution in [3.05, 3.63) is 34.9 Å². The van der Waals surface area contributed by atoms with Gasteiger partial charge < -0.3 is 18.9 Å². The van der Waals surface area contributed by atoms with Crippen molar-refractivity contribution in [3.8, 4) is 5.75 Å². The van der Waals surface area contributed by atoms with E-state index < -0.39 is 35.1 Å². The van der Waals surface area contributed by atoms with E-state index in [4.69, 9.17) is 23.9 Å². The highest BCUT2D eigenvalue weighted by molar-refractivity contribution is 5.96. The Kier molecular flexibility index (Phi) is 22.5. The number of rotatable bonds is 13. The van der Waals surface area contributed by atoms with Gasteiger partial charge in [-0.05, 0) is 130 Å². The summed E-state index contributed by atoms with van der Waals surface area (Å²) in [4.78, 5) is 33.1. The molecule has 1 heterocycles. The molecule has 0 radical (unpaired) electrons. The summed E-state index contributed by atoms with van der Waals surface area (Å²) >= 11 is 0. The zero-order valence-corrected chi connectivity index (χ0v) is 34.8. The molecule has 2 unspecified atom stereocenters. The predicted molar refractivity (Wildman–Crippen MR) is 209 cm³/mol. The van der Waals surface area contributed by atoms with E-state index in [-0.39, 0.29) is 24.3 Å². The zero-order valence-electron chi connectivity index (χ0n) is 34.8. The molecule has 0 spiro atoms. The molecule has 0 saturated carbocycles. The van der Waals surface area contributed by atoms with E-state index in [1.807, 2.05) is 27.7 Å². The molecule has 10 nitrogen and oxygen atoms in total. The third kappa shape index (κ3) is 20.0. The average Bonchev–Trinajstić information content (AvgIpc) is 3.49. The average molecular weight is 757 g/mol. The quantitative estimate of drug-likeness (QED) is 0.121. The van der Waals surface area contributed by atoms with Gasteiger partial charge in [-0.25, -0.2) is 9.59 Å². The molecule has 13 heteroatoms. The molecule has 0 bridgehead atoms. The van der Waals surface area contributed by atoms with Crippen LogP contribution in [-0.4, -0.2) is 80.3 Å². The van der Waals surface area contributed by atoms with E-state index >= 15 is 0 Å². The third-order valence-corrected chi connectivity index (χ3v) is 7.86. The molecule has 1 fully saturated rings. The summed E-state index contributed by atoms with van der Waals surface area (Å²) in [6.07, 6.45) is 0.140. The molecule has 1 saturated heterocycles. The number of allylic oxidation sites excluding steroid dienone is 1. The minimum absolute atomic E-state index is 0.135. The van der Waals surface area contributed by atoms with Crippen LogP contribution in [-0.2, 0) is 20.4 Å². The van der Waals surface area contributed by atoms with Crippen molar-refractivity contribution in [1.82, 2.24) is 10.2 Å². The number of hydrogen-bond donors (Lipinski definition) is 1. The maximum atomic E-state index is 14.0. The van der Waals surface area contributed by atoms with Crippen molar-refractivity contribution in [2.24, 2.45) is 15.9 Å². The standard InChI is InChI=1S/C27H41F3N2O2.C11H20N2O4.C2H6/c1-7-19(3)25(31-26(20(4)8-2)23-12-11-15-32(23)5)21-13-14-24(22(18-21)27(28,29)30)34-17-10-9-16-33-6;1-10(2,3)16-8(14)12-7-13-9(15)17-11(4,5)6;1-2/h13-14,18,20,23H,7-12,15-17H2,1-6H3;7H,1-6H3,(H,12,13,14,15);1-2H3. The topological polar surface area (TPSA) is 111 Å². The van der Waals surface area contributed by atoms with Gasteiger partial charge in [0.15, 0.2) is 0 Å². The van der Waals surface area contributed by atoms with Crippen LogP contribution >= 0.6 is 0 Å². The van der Waals surface area contributed by atoms with Crippen LogP contribution in [0.25, 0.3) is 5.70 Å². The molecule has 53 heavy (non-hydrogen) atoms. The van der Waals surface area contributed by atoms with Crippen molar-refractivity contribution in [1.29, 1.82) is 0 Å². The molecule has 2 atom stereocenters. The third-order valence-electron chi connectivity index (χ3n) is 7.86. The van der Waals surface area contributed by atoms with Gasteiger partial charge in [-0.15, -0.1) is 0 Å². The summed E-state index contributed by atoms with van der Waals surface area (Å²) in [7, 11) is 3.71. The molecule has 0 aromatic heterocycles. The van der Waals surface area contributed by atoms with Crippen molar-refractivity contribution in [3.63, 3.8) is 0 Å². The lowest BCUT2D eigenvalue weighted by Gasteiger charge is -2.26. The van der Waals surface area contributed by atoms with Gasteiger partial charge in [-0.3, -0.25) is 15.2 Å². The van der Waals surface area contributed by atoms with E-state index in [0.717, 1.165) is 49.9 Å². The van der Waals surface area contributed by atoms with Crippen LogP contribution in [0.3, 0.4) is 0 Å². The highest BCUT2D eigenvalue weighted by Gasteiger charge is 2.35. The Morgan fingerprint density at radius 1 is 1.02 bits per heavy atom. The first kappa shape index (κ1) is 49.6. The number of carbonyl (C=O) groups excluding carboxylic acids is 2. The van der Waals surface area contributed by atoms with Gasteiger partial charge in [-0.1, -0.05) is 34.6 Å². The fraction of sp³-hybridized carbons (Fsp3) is 0.700. The predicted octanol–water partition coefficient (Wildman–Crippen LogP) is 10.7. The number of alkyl halides is 3. The first-order valence-electron chi connectivity index (χ1n) is 18.7. The fourth-order valence-electron chi connectivity index (χ4n) is 5.00. The molecule has 0 aliphatic carbocycles. The lowest BCUT2D eigenvalue weighted by atomic mass is 9.94. The summed E-state index contributed by atoms with van der Waals surface area (Å²) in [5.41, 5.74) is 1.22. The van der Waals surface area contributed by atoms with Crippen LogP contribution in [0.2, 0.25) is 0 Å². The first-order valence-corrected chi connectivity index (χ1v) is 18.7. The minimum Gasteiger partial charge on any atom is -0.493 e. The van der Waals surface area contributed by atoms with Crippen molar-refractivity contribution in [2.45, 2.75) is 145 Å². The van der Waals surface area contributed by atoms with Crippen LogP contribution in [0.5, 0.6) is 5.75 Å². The number of methoxy groups -OCH3 is 1. The minimum atomic E-state index is -4.52. The van der Waals surface area contributed by atoms with Crippen LogP contribution in [0.1, 0.15) is 133 Å². The molecule has 1 N–H and O–H groups in total. The Morgan fingerprint density at radius 3 is 2.11 bits per heavy atom. The molecule has 2 rings (SSSR count). The molecule has 1 aromatic carbocycles. The molecule has 304 valence electrons. The smallest absolute Gasteiger partial charge is 0.435 e. The molecular formula is C40H67F3N4O6. The molecular weight excluding hydrogens is 689 g/mol. The van der Waals surface area contributed by atoms with E-state index in [2.05, 4.69) is 36.1 Å². The van der Waals surface area contributed by atoms with Crippen LogP contribution < -0.4 is 10.1 Å². The highest BCUT2D eigenvalue weighted by Crippen LogP contribution is 2.39. The first-order chi connectivity index (χ1) is 24.6. The Balaban J connectivity index is 0.00000120. The van der Waals surface area contributed by atoms with Gasteiger partial charge in [0.25, 0.3) is 0 Å². The maximum Gasteiger partial charge on any atom is 0.435 e. The second-order valence-corrected chi connectivity index (χ2v) is 14.6. The number of unbranched alkanes of at least 4 members (excludes halogenated alkanes) is 1. The molecule has 1 aliphatic rings. The maximum absolute atomic E-state index is 14.0. The van der Waals surface area contributed by atoms with Gasteiger partial charge in [0.2, 0.25) is 0 Å². The number of halogens is 3. The van der Waals surface area contributed by atoms with E-state index in [9.17, 15) is 22.8 Å². The van der Waals surface area contributed by atoms with Gasteiger partial charge in [-0.2, -0.15) is 18.2 Å². The van der Waals surface area contributed by atoms with E-state index in [0.29, 0.717) is 30.7 Å². The number of hydrogen-bond acceptors (Lipinski definition) is 8. The molecule has 2 amide bonds. The Morgan fingerprint density at radius 2 is 1.62 bits per heavy atom. The normalized spacial score (nSPS) is 16.5. The van der Waals surface area contributed by atoms with Crippen molar-refractivity contribution in [2.75, 3.05) is 33.9 Å². The SMILES string of the molecule is CC.CC(C)(C)OC(=O)/N=C/NC(=O)OC(C)(C)C.CCC(C)=C(N=C(C(C)CC)C1CCCN1C)c1ccc(OCCCCOC)c(C(F)(F)F)c1. The Bertz CT molecular complexity index is 1350. The number of nitrogens with zero attached hydrogens (tertiary/aromatic N) is 3. The van der Waals surface area contributed by atoms with E-state index in [1.54, 1.807) is 54.7 Å². The number of carbonyl (C=O) groups is 2. The Labute approximate surface area is 317 Å². The number of nitrogens with one attached hydrogen (secondary N) is 1. The van der Waals surface area contributed by atoms with Crippen molar-refractivity contribution < 1.29 is 41.7 Å². The molecule has 1 aromatic rings.